The lowest BCUT2D eigenvalue weighted by Gasteiger charge is -2.11. The smallest absolute Gasteiger partial charge is 0.338 e. The molecule has 2 aromatic rings. The van der Waals surface area contributed by atoms with Crippen molar-refractivity contribution in [3.63, 3.8) is 0 Å². The Morgan fingerprint density at radius 1 is 1.12 bits per heavy atom. The molecule has 1 heterocycles. The molecule has 0 fully saturated rings. The molecule has 128 valence electrons. The molecule has 5 nitrogen and oxygen atoms in total. The summed E-state index contributed by atoms with van der Waals surface area (Å²) < 4.78 is 5.11. The van der Waals surface area contributed by atoms with E-state index in [-0.39, 0.29) is 12.5 Å². The van der Waals surface area contributed by atoms with E-state index < -0.39 is 5.97 Å². The molecule has 0 radical (unpaired) electrons. The predicted octanol–water partition coefficient (Wildman–Crippen LogP) is 3.20. The zero-order valence-corrected chi connectivity index (χ0v) is 14.7. The van der Waals surface area contributed by atoms with Gasteiger partial charge < -0.3 is 4.74 Å². The van der Waals surface area contributed by atoms with Crippen molar-refractivity contribution >= 4 is 29.4 Å². The van der Waals surface area contributed by atoms with Crippen LogP contribution in [0.3, 0.4) is 0 Å². The number of hydrazone groups is 1. The average Bonchev–Trinajstić information content (AvgIpc) is 3.17. The average molecular weight is 354 g/mol. The number of nitrogens with zero attached hydrogens (tertiary/aromatic N) is 2. The number of hydrogen-bond donors (Lipinski definition) is 0. The highest BCUT2D eigenvalue weighted by molar-refractivity contribution is 7.98. The minimum atomic E-state index is -0.507. The Balaban J connectivity index is 1.56. The molecule has 0 bridgehead atoms. The highest BCUT2D eigenvalue weighted by atomic mass is 32.2. The largest absolute Gasteiger partial charge is 0.452 e. The third kappa shape index (κ3) is 4.28. The van der Waals surface area contributed by atoms with Crippen LogP contribution in [0.4, 0.5) is 0 Å². The molecule has 0 spiro atoms. The second-order valence-corrected chi connectivity index (χ2v) is 6.36. The van der Waals surface area contributed by atoms with Crippen LogP contribution in [0.25, 0.3) is 0 Å². The van der Waals surface area contributed by atoms with Gasteiger partial charge in [-0.2, -0.15) is 5.10 Å². The molecule has 1 amide bonds. The van der Waals surface area contributed by atoms with Crippen molar-refractivity contribution in [2.24, 2.45) is 5.10 Å². The summed E-state index contributed by atoms with van der Waals surface area (Å²) in [7, 11) is 0. The lowest BCUT2D eigenvalue weighted by atomic mass is 10.1. The fourth-order valence-electron chi connectivity index (χ4n) is 2.48. The molecule has 1 aliphatic heterocycles. The third-order valence-corrected chi connectivity index (χ3v) is 4.59. The number of carbonyl (C=O) groups is 2. The molecule has 0 aromatic heterocycles. The Kier molecular flexibility index (Phi) is 5.50. The molecule has 0 saturated carbocycles. The molecule has 6 heteroatoms. The second-order valence-electron chi connectivity index (χ2n) is 5.48. The van der Waals surface area contributed by atoms with Crippen LogP contribution in [-0.4, -0.2) is 42.0 Å². The first-order valence-electron chi connectivity index (χ1n) is 7.92. The predicted molar refractivity (Wildman–Crippen MR) is 97.8 cm³/mol. The van der Waals surface area contributed by atoms with Crippen LogP contribution in [0.1, 0.15) is 22.3 Å². The number of amides is 1. The molecule has 3 rings (SSSR count). The fraction of sp³-hybridized carbons (Fsp3) is 0.211. The quantitative estimate of drug-likeness (QED) is 0.611. The van der Waals surface area contributed by atoms with Crippen LogP contribution < -0.4 is 0 Å². The number of carbonyl (C=O) groups excluding carboxylic acids is 2. The molecular weight excluding hydrogens is 336 g/mol. The molecule has 2 aromatic carbocycles. The Labute approximate surface area is 150 Å². The monoisotopic (exact) mass is 354 g/mol. The highest BCUT2D eigenvalue weighted by Crippen LogP contribution is 2.16. The number of hydrogen-bond acceptors (Lipinski definition) is 5. The van der Waals surface area contributed by atoms with E-state index in [0.717, 1.165) is 16.2 Å². The lowest BCUT2D eigenvalue weighted by Crippen LogP contribution is -2.28. The summed E-state index contributed by atoms with van der Waals surface area (Å²) in [4.78, 5) is 25.3. The molecule has 0 saturated heterocycles. The van der Waals surface area contributed by atoms with Gasteiger partial charge in [0.1, 0.15) is 0 Å². The summed E-state index contributed by atoms with van der Waals surface area (Å²) in [5, 5.41) is 5.71. The van der Waals surface area contributed by atoms with Crippen molar-refractivity contribution in [1.29, 1.82) is 0 Å². The van der Waals surface area contributed by atoms with Crippen LogP contribution in [0, 0.1) is 0 Å². The fourth-order valence-corrected chi connectivity index (χ4v) is 2.89. The number of esters is 1. The van der Waals surface area contributed by atoms with Crippen molar-refractivity contribution in [3.8, 4) is 0 Å². The van der Waals surface area contributed by atoms with Gasteiger partial charge in [0.05, 0.1) is 17.8 Å². The number of rotatable bonds is 5. The molecule has 25 heavy (non-hydrogen) atoms. The van der Waals surface area contributed by atoms with E-state index in [4.69, 9.17) is 4.74 Å². The Morgan fingerprint density at radius 3 is 2.52 bits per heavy atom. The van der Waals surface area contributed by atoms with Gasteiger partial charge >= 0.3 is 5.97 Å². The number of benzene rings is 2. The van der Waals surface area contributed by atoms with Gasteiger partial charge in [0.15, 0.2) is 6.61 Å². The number of ether oxygens (including phenoxy) is 1. The maximum absolute atomic E-state index is 12.2. The van der Waals surface area contributed by atoms with Crippen LogP contribution in [0.5, 0.6) is 0 Å². The summed E-state index contributed by atoms with van der Waals surface area (Å²) >= 11 is 1.59. The SMILES string of the molecule is CSc1ccc(C(=O)OCC(=O)N2CCC(c3ccccc3)=N2)cc1. The van der Waals surface area contributed by atoms with Crippen molar-refractivity contribution in [1.82, 2.24) is 5.01 Å². The maximum atomic E-state index is 12.2. The number of thioether (sulfide) groups is 1. The summed E-state index contributed by atoms with van der Waals surface area (Å²) in [6.07, 6.45) is 2.66. The van der Waals surface area contributed by atoms with Crippen LogP contribution >= 0.6 is 11.8 Å². The van der Waals surface area contributed by atoms with Gasteiger partial charge in [0.2, 0.25) is 0 Å². The second kappa shape index (κ2) is 7.98. The summed E-state index contributed by atoms with van der Waals surface area (Å²) in [6.45, 7) is 0.192. The van der Waals surface area contributed by atoms with E-state index in [1.54, 1.807) is 23.9 Å². The summed E-state index contributed by atoms with van der Waals surface area (Å²) in [5.74, 6) is -0.826. The van der Waals surface area contributed by atoms with E-state index in [1.165, 1.54) is 5.01 Å². The van der Waals surface area contributed by atoms with Gasteiger partial charge in [-0.3, -0.25) is 4.79 Å². The van der Waals surface area contributed by atoms with E-state index in [2.05, 4.69) is 5.10 Å². The minimum Gasteiger partial charge on any atom is -0.452 e. The standard InChI is InChI=1S/C19H18N2O3S/c1-25-16-9-7-15(8-10-16)19(23)24-13-18(22)21-12-11-17(20-21)14-5-3-2-4-6-14/h2-10H,11-13H2,1H3. The molecule has 0 N–H and O–H groups in total. The first-order chi connectivity index (χ1) is 12.2. The molecule has 1 aliphatic rings. The van der Waals surface area contributed by atoms with Gasteiger partial charge in [-0.05, 0) is 36.1 Å². The minimum absolute atomic E-state index is 0.311. The first-order valence-corrected chi connectivity index (χ1v) is 9.14. The van der Waals surface area contributed by atoms with Gasteiger partial charge in [-0.25, -0.2) is 9.80 Å². The molecular formula is C19H18N2O3S. The van der Waals surface area contributed by atoms with Crippen molar-refractivity contribution in [3.05, 3.63) is 65.7 Å². The van der Waals surface area contributed by atoms with Crippen molar-refractivity contribution < 1.29 is 14.3 Å². The summed E-state index contributed by atoms with van der Waals surface area (Å²) in [6, 6.07) is 16.8. The zero-order chi connectivity index (χ0) is 17.6. The summed E-state index contributed by atoms with van der Waals surface area (Å²) in [5.41, 5.74) is 2.30. The van der Waals surface area contributed by atoms with Gasteiger partial charge in [0.25, 0.3) is 5.91 Å². The van der Waals surface area contributed by atoms with Gasteiger partial charge in [-0.1, -0.05) is 30.3 Å². The lowest BCUT2D eigenvalue weighted by molar-refractivity contribution is -0.134. The molecule has 0 atom stereocenters. The first kappa shape index (κ1) is 17.2. The molecule has 0 aliphatic carbocycles. The van der Waals surface area contributed by atoms with Crippen molar-refractivity contribution in [2.45, 2.75) is 11.3 Å². The normalized spacial score (nSPS) is 13.5. The molecule has 0 unspecified atom stereocenters. The third-order valence-electron chi connectivity index (χ3n) is 3.85. The topological polar surface area (TPSA) is 59.0 Å². The van der Waals surface area contributed by atoms with Crippen molar-refractivity contribution in [2.75, 3.05) is 19.4 Å². The van der Waals surface area contributed by atoms with E-state index >= 15 is 0 Å². The maximum Gasteiger partial charge on any atom is 0.338 e. The zero-order valence-electron chi connectivity index (χ0n) is 13.8. The van der Waals surface area contributed by atoms with Gasteiger partial charge in [0, 0.05) is 11.3 Å². The van der Waals surface area contributed by atoms with Gasteiger partial charge in [-0.15, -0.1) is 11.8 Å². The van der Waals surface area contributed by atoms with Crippen LogP contribution in [-0.2, 0) is 9.53 Å². The Bertz CT molecular complexity index is 788. The Morgan fingerprint density at radius 2 is 1.84 bits per heavy atom. The van der Waals surface area contributed by atoms with E-state index in [0.29, 0.717) is 18.5 Å². The van der Waals surface area contributed by atoms with E-state index in [9.17, 15) is 9.59 Å². The van der Waals surface area contributed by atoms with Crippen LogP contribution in [0.2, 0.25) is 0 Å². The highest BCUT2D eigenvalue weighted by Gasteiger charge is 2.22. The Hall–Kier alpha value is -2.60. The van der Waals surface area contributed by atoms with Crippen LogP contribution in [0.15, 0.2) is 64.6 Å². The van der Waals surface area contributed by atoms with E-state index in [1.807, 2.05) is 48.7 Å².